The summed E-state index contributed by atoms with van der Waals surface area (Å²) in [4.78, 5) is 37.6. The fourth-order valence-corrected chi connectivity index (χ4v) is 7.69. The smallest absolute Gasteiger partial charge is 0.331 e. The zero-order valence-electron chi connectivity index (χ0n) is 21.1. The number of ether oxygens (including phenoxy) is 5. The predicted octanol–water partition coefficient (Wildman–Crippen LogP) is 3.20. The van der Waals surface area contributed by atoms with Crippen LogP contribution in [0.3, 0.4) is 0 Å². The first-order valence-electron chi connectivity index (χ1n) is 13.0. The zero-order chi connectivity index (χ0) is 25.3. The Labute approximate surface area is 211 Å². The summed E-state index contributed by atoms with van der Waals surface area (Å²) >= 11 is 0. The molecule has 0 aromatic heterocycles. The minimum absolute atomic E-state index is 0.0777. The average Bonchev–Trinajstić information content (AvgIpc) is 3.73. The molecule has 2 bridgehead atoms. The summed E-state index contributed by atoms with van der Waals surface area (Å²) in [6.45, 7) is 7.17. The number of rotatable bonds is 0. The number of fused-ring (bicyclic) bond motifs is 2. The van der Waals surface area contributed by atoms with Crippen LogP contribution < -0.4 is 0 Å². The highest BCUT2D eigenvalue weighted by Crippen LogP contribution is 2.78. The summed E-state index contributed by atoms with van der Waals surface area (Å²) in [5, 5.41) is 0. The number of epoxide rings is 1. The van der Waals surface area contributed by atoms with Crippen LogP contribution in [-0.4, -0.2) is 61.6 Å². The zero-order valence-corrected chi connectivity index (χ0v) is 21.1. The van der Waals surface area contributed by atoms with Crippen LogP contribution in [-0.2, 0) is 38.1 Å². The quantitative estimate of drug-likeness (QED) is 0.285. The first kappa shape index (κ1) is 23.9. The van der Waals surface area contributed by atoms with Crippen molar-refractivity contribution in [3.63, 3.8) is 0 Å². The third kappa shape index (κ3) is 3.36. The Balaban J connectivity index is 1.38. The number of allylic oxidation sites excluding steroid dienone is 2. The molecule has 0 aromatic carbocycles. The van der Waals surface area contributed by atoms with E-state index in [-0.39, 0.29) is 30.8 Å². The summed E-state index contributed by atoms with van der Waals surface area (Å²) < 4.78 is 30.2. The Hall–Kier alpha value is -2.45. The van der Waals surface area contributed by atoms with Gasteiger partial charge in [0.15, 0.2) is 0 Å². The van der Waals surface area contributed by atoms with Crippen LogP contribution in [0.2, 0.25) is 0 Å². The summed E-state index contributed by atoms with van der Waals surface area (Å²) in [5.41, 5.74) is -0.601. The van der Waals surface area contributed by atoms with Crippen LogP contribution in [0.5, 0.6) is 0 Å². The van der Waals surface area contributed by atoms with Crippen molar-refractivity contribution in [3.05, 3.63) is 36.0 Å². The van der Waals surface area contributed by atoms with E-state index in [0.29, 0.717) is 25.4 Å². The van der Waals surface area contributed by atoms with Gasteiger partial charge in [-0.05, 0) is 37.5 Å². The van der Waals surface area contributed by atoms with Gasteiger partial charge in [-0.3, -0.25) is 0 Å². The van der Waals surface area contributed by atoms with Gasteiger partial charge < -0.3 is 23.7 Å². The van der Waals surface area contributed by atoms with Crippen LogP contribution in [0.15, 0.2) is 36.0 Å². The maximum absolute atomic E-state index is 12.9. The van der Waals surface area contributed by atoms with Gasteiger partial charge in [0.25, 0.3) is 0 Å². The Morgan fingerprint density at radius 1 is 0.917 bits per heavy atom. The van der Waals surface area contributed by atoms with E-state index in [1.807, 2.05) is 6.92 Å². The van der Waals surface area contributed by atoms with Crippen LogP contribution in [0.25, 0.3) is 0 Å². The first-order valence-corrected chi connectivity index (χ1v) is 13.0. The highest BCUT2D eigenvalue weighted by Gasteiger charge is 2.85. The lowest BCUT2D eigenvalue weighted by atomic mass is 9.50. The molecule has 36 heavy (non-hydrogen) atoms. The second kappa shape index (κ2) is 8.02. The van der Waals surface area contributed by atoms with E-state index in [1.54, 1.807) is 0 Å². The molecule has 0 radical (unpaired) electrons. The molecule has 6 rings (SSSR count). The summed E-state index contributed by atoms with van der Waals surface area (Å²) in [5.74, 6) is -1.04. The van der Waals surface area contributed by atoms with Gasteiger partial charge in [0.1, 0.15) is 18.3 Å². The van der Waals surface area contributed by atoms with E-state index < -0.39 is 40.4 Å². The molecule has 8 nitrogen and oxygen atoms in total. The minimum Gasteiger partial charge on any atom is -0.462 e. The molecule has 0 amide bonds. The third-order valence-electron chi connectivity index (χ3n) is 10.2. The van der Waals surface area contributed by atoms with Gasteiger partial charge in [-0.25, -0.2) is 14.4 Å². The van der Waals surface area contributed by atoms with E-state index in [0.717, 1.165) is 24.8 Å². The summed E-state index contributed by atoms with van der Waals surface area (Å²) in [7, 11) is 0. The van der Waals surface area contributed by atoms with Crippen molar-refractivity contribution in [2.75, 3.05) is 19.8 Å². The average molecular weight is 499 g/mol. The van der Waals surface area contributed by atoms with Crippen LogP contribution in [0.4, 0.5) is 0 Å². The number of carbonyl (C=O) groups is 3. The monoisotopic (exact) mass is 498 g/mol. The molecule has 8 heteroatoms. The number of carbonyl (C=O) groups excluding carboxylic acids is 3. The van der Waals surface area contributed by atoms with Gasteiger partial charge in [0.05, 0.1) is 25.4 Å². The van der Waals surface area contributed by atoms with Gasteiger partial charge in [-0.15, -0.1) is 0 Å². The van der Waals surface area contributed by atoms with E-state index in [4.69, 9.17) is 23.7 Å². The Morgan fingerprint density at radius 3 is 2.42 bits per heavy atom. The molecule has 3 aliphatic carbocycles. The highest BCUT2D eigenvalue weighted by molar-refractivity contribution is 5.85. The molecule has 0 aromatic rings. The number of hydrogen-bond donors (Lipinski definition) is 0. The van der Waals surface area contributed by atoms with E-state index in [1.165, 1.54) is 30.4 Å². The molecule has 2 spiro atoms. The molecule has 8 atom stereocenters. The third-order valence-corrected chi connectivity index (χ3v) is 10.2. The largest absolute Gasteiger partial charge is 0.462 e. The predicted molar refractivity (Wildman–Crippen MR) is 126 cm³/mol. The Bertz CT molecular complexity index is 1090. The van der Waals surface area contributed by atoms with Gasteiger partial charge >= 0.3 is 17.9 Å². The van der Waals surface area contributed by atoms with Crippen molar-refractivity contribution < 1.29 is 38.1 Å². The molecular weight excluding hydrogens is 464 g/mol. The normalized spacial score (nSPS) is 51.2. The standard InChI is InChI=1S/C28H34O8/c1-17-8-11-32-21(29)6-4-5-7-22(30)35-19-13-20-28(16-34-28)26(19,3)27(15-33-23(31)12-17)10-9-25(2)14-18(25)24(27)36-20/h4-7,12,18-20,24H,8-11,13-16H2,1-3H3/b6-4+,7-5-,17-12+/t18-,19+,20+,24+,25+,26+,27+,28-/m0/s1. The highest BCUT2D eigenvalue weighted by atomic mass is 16.6. The fraction of sp³-hybridized carbons (Fsp3) is 0.679. The van der Waals surface area contributed by atoms with E-state index in [9.17, 15) is 14.4 Å². The molecule has 0 N–H and O–H groups in total. The maximum atomic E-state index is 12.9. The van der Waals surface area contributed by atoms with Crippen LogP contribution >= 0.6 is 0 Å². The molecular formula is C28H34O8. The van der Waals surface area contributed by atoms with E-state index in [2.05, 4.69) is 13.8 Å². The second-order valence-electron chi connectivity index (χ2n) is 11.9. The Kier molecular flexibility index (Phi) is 5.33. The van der Waals surface area contributed by atoms with Gasteiger partial charge in [-0.1, -0.05) is 31.6 Å². The van der Waals surface area contributed by atoms with E-state index >= 15 is 0 Å². The van der Waals surface area contributed by atoms with Crippen molar-refractivity contribution >= 4 is 17.9 Å². The molecule has 5 fully saturated rings. The molecule has 6 aliphatic rings. The molecule has 194 valence electrons. The molecule has 3 heterocycles. The molecule has 0 unspecified atom stereocenters. The molecule has 3 saturated carbocycles. The van der Waals surface area contributed by atoms with Gasteiger partial charge in [0, 0.05) is 41.9 Å². The Morgan fingerprint density at radius 2 is 1.67 bits per heavy atom. The molecule has 2 saturated heterocycles. The maximum Gasteiger partial charge on any atom is 0.331 e. The lowest BCUT2D eigenvalue weighted by Crippen LogP contribution is -2.68. The van der Waals surface area contributed by atoms with Gasteiger partial charge in [-0.2, -0.15) is 0 Å². The molecule has 3 aliphatic heterocycles. The van der Waals surface area contributed by atoms with Crippen LogP contribution in [0, 0.1) is 22.2 Å². The SMILES string of the molecule is C/C1=C\C(=O)OC[C@]23CC[C@]4(C)C[C@H]4[C@H]2O[C@@H]2C[C@@H](OC(=O)/C=C\C=C\C(=O)OCC1)[C@@]3(C)[C@]21CO1. The van der Waals surface area contributed by atoms with Crippen molar-refractivity contribution in [1.82, 2.24) is 0 Å². The second-order valence-corrected chi connectivity index (χ2v) is 11.9. The van der Waals surface area contributed by atoms with Gasteiger partial charge in [0.2, 0.25) is 0 Å². The summed E-state index contributed by atoms with van der Waals surface area (Å²) in [6.07, 6.45) is 10.2. The minimum atomic E-state index is -0.564. The number of hydrogen-bond acceptors (Lipinski definition) is 8. The summed E-state index contributed by atoms with van der Waals surface area (Å²) in [6, 6.07) is 0. The topological polar surface area (TPSA) is 101 Å². The lowest BCUT2D eigenvalue weighted by Gasteiger charge is -2.59. The van der Waals surface area contributed by atoms with Crippen molar-refractivity contribution in [2.24, 2.45) is 22.2 Å². The fourth-order valence-electron chi connectivity index (χ4n) is 7.69. The lowest BCUT2D eigenvalue weighted by molar-refractivity contribution is -0.258. The van der Waals surface area contributed by atoms with Crippen molar-refractivity contribution in [3.8, 4) is 0 Å². The number of esters is 3. The number of cyclic esters (lactones) is 2. The van der Waals surface area contributed by atoms with Crippen LogP contribution in [0.1, 0.15) is 52.9 Å². The van der Waals surface area contributed by atoms with Crippen molar-refractivity contribution in [1.29, 1.82) is 0 Å². The first-order chi connectivity index (χ1) is 17.1. The van der Waals surface area contributed by atoms with Crippen molar-refractivity contribution in [2.45, 2.75) is 76.8 Å².